The van der Waals surface area contributed by atoms with Gasteiger partial charge >= 0.3 is 11.9 Å². The fourth-order valence-corrected chi connectivity index (χ4v) is 0.844. The number of rotatable bonds is 11. The standard InChI is InChI=1S/C10H18O7/c1-9(11)17-7-6-15-3-2-14-4-5-16-8-10(12)13/h2-8H2,1H3,(H,12,13). The molecule has 0 aliphatic heterocycles. The predicted octanol–water partition coefficient (Wildman–Crippen LogP) is -0.316. The van der Waals surface area contributed by atoms with E-state index in [9.17, 15) is 9.59 Å². The first-order chi connectivity index (χ1) is 8.13. The maximum atomic E-state index is 10.4. The summed E-state index contributed by atoms with van der Waals surface area (Å²) in [6, 6.07) is 0. The number of hydrogen-bond donors (Lipinski definition) is 1. The maximum absolute atomic E-state index is 10.4. The summed E-state index contributed by atoms with van der Waals surface area (Å²) in [7, 11) is 0. The highest BCUT2D eigenvalue weighted by atomic mass is 16.6. The third-order valence-corrected chi connectivity index (χ3v) is 1.50. The summed E-state index contributed by atoms with van der Waals surface area (Å²) in [4.78, 5) is 20.4. The van der Waals surface area contributed by atoms with Crippen LogP contribution in [0.4, 0.5) is 0 Å². The molecule has 7 heteroatoms. The van der Waals surface area contributed by atoms with Gasteiger partial charge in [-0.3, -0.25) is 4.79 Å². The molecule has 0 unspecified atom stereocenters. The second-order valence-corrected chi connectivity index (χ2v) is 3.01. The van der Waals surface area contributed by atoms with Gasteiger partial charge in [0, 0.05) is 6.92 Å². The Bertz CT molecular complexity index is 195. The quantitative estimate of drug-likeness (QED) is 0.397. The van der Waals surface area contributed by atoms with Gasteiger partial charge in [0.15, 0.2) is 0 Å². The normalized spacial score (nSPS) is 10.2. The molecule has 0 bridgehead atoms. The summed E-state index contributed by atoms with van der Waals surface area (Å²) < 4.78 is 19.6. The molecule has 17 heavy (non-hydrogen) atoms. The first-order valence-electron chi connectivity index (χ1n) is 5.21. The average Bonchev–Trinajstić information content (AvgIpc) is 2.25. The van der Waals surface area contributed by atoms with E-state index >= 15 is 0 Å². The lowest BCUT2D eigenvalue weighted by molar-refractivity contribution is -0.143. The molecule has 0 aromatic heterocycles. The zero-order chi connectivity index (χ0) is 12.9. The highest BCUT2D eigenvalue weighted by molar-refractivity contribution is 5.68. The van der Waals surface area contributed by atoms with Crippen LogP contribution >= 0.6 is 0 Å². The highest BCUT2D eigenvalue weighted by Crippen LogP contribution is 1.83. The molecule has 0 rings (SSSR count). The Labute approximate surface area is 99.6 Å². The van der Waals surface area contributed by atoms with Gasteiger partial charge in [-0.05, 0) is 0 Å². The lowest BCUT2D eigenvalue weighted by Gasteiger charge is -2.06. The van der Waals surface area contributed by atoms with Crippen molar-refractivity contribution >= 4 is 11.9 Å². The Morgan fingerprint density at radius 2 is 1.35 bits per heavy atom. The number of esters is 1. The average molecular weight is 250 g/mol. The van der Waals surface area contributed by atoms with E-state index in [1.165, 1.54) is 6.92 Å². The molecule has 0 radical (unpaired) electrons. The molecule has 0 aromatic rings. The number of aliphatic carboxylic acids is 1. The monoisotopic (exact) mass is 250 g/mol. The van der Waals surface area contributed by atoms with Crippen LogP contribution in [-0.2, 0) is 28.5 Å². The third kappa shape index (κ3) is 14.8. The molecule has 0 saturated heterocycles. The number of carbonyl (C=O) groups excluding carboxylic acids is 1. The largest absolute Gasteiger partial charge is 0.480 e. The smallest absolute Gasteiger partial charge is 0.329 e. The Morgan fingerprint density at radius 3 is 1.82 bits per heavy atom. The fourth-order valence-electron chi connectivity index (χ4n) is 0.844. The summed E-state index contributed by atoms with van der Waals surface area (Å²) >= 11 is 0. The van der Waals surface area contributed by atoms with Gasteiger partial charge < -0.3 is 24.1 Å². The van der Waals surface area contributed by atoms with Crippen molar-refractivity contribution in [3.05, 3.63) is 0 Å². The van der Waals surface area contributed by atoms with Gasteiger partial charge in [-0.1, -0.05) is 0 Å². The molecule has 1 N–H and O–H groups in total. The van der Waals surface area contributed by atoms with Crippen molar-refractivity contribution in [2.24, 2.45) is 0 Å². The van der Waals surface area contributed by atoms with Crippen LogP contribution in [0, 0.1) is 0 Å². The van der Waals surface area contributed by atoms with Gasteiger partial charge in [-0.2, -0.15) is 0 Å². The van der Waals surface area contributed by atoms with Crippen molar-refractivity contribution in [3.63, 3.8) is 0 Å². The van der Waals surface area contributed by atoms with E-state index in [1.807, 2.05) is 0 Å². The first-order valence-corrected chi connectivity index (χ1v) is 5.21. The summed E-state index contributed by atoms with van der Waals surface area (Å²) in [5.41, 5.74) is 0. The van der Waals surface area contributed by atoms with Crippen molar-refractivity contribution in [1.29, 1.82) is 0 Å². The minimum absolute atomic E-state index is 0.233. The van der Waals surface area contributed by atoms with E-state index in [-0.39, 0.29) is 25.8 Å². The van der Waals surface area contributed by atoms with Crippen LogP contribution in [0.2, 0.25) is 0 Å². The Morgan fingerprint density at radius 1 is 0.882 bits per heavy atom. The van der Waals surface area contributed by atoms with Crippen molar-refractivity contribution in [1.82, 2.24) is 0 Å². The van der Waals surface area contributed by atoms with Crippen molar-refractivity contribution < 1.29 is 33.6 Å². The van der Waals surface area contributed by atoms with E-state index < -0.39 is 5.97 Å². The van der Waals surface area contributed by atoms with Crippen LogP contribution in [0.5, 0.6) is 0 Å². The van der Waals surface area contributed by atoms with Gasteiger partial charge in [0.05, 0.1) is 33.0 Å². The first kappa shape index (κ1) is 15.8. The lowest BCUT2D eigenvalue weighted by atomic mass is 10.7. The number of ether oxygens (including phenoxy) is 4. The molecule has 0 spiro atoms. The number of hydrogen-bond acceptors (Lipinski definition) is 6. The van der Waals surface area contributed by atoms with Gasteiger partial charge in [-0.25, -0.2) is 4.79 Å². The lowest BCUT2D eigenvalue weighted by Crippen LogP contribution is -2.14. The summed E-state index contributed by atoms with van der Waals surface area (Å²) in [5, 5.41) is 8.25. The molecule has 100 valence electrons. The van der Waals surface area contributed by atoms with E-state index in [2.05, 4.69) is 4.74 Å². The second kappa shape index (κ2) is 11.3. The SMILES string of the molecule is CC(=O)OCCOCCOCCOCC(=O)O. The Hall–Kier alpha value is -1.18. The van der Waals surface area contributed by atoms with Gasteiger partial charge in [0.25, 0.3) is 0 Å². The molecule has 0 fully saturated rings. The molecule has 0 aliphatic carbocycles. The summed E-state index contributed by atoms with van der Waals surface area (Å²) in [6.07, 6.45) is 0. The van der Waals surface area contributed by atoms with Crippen molar-refractivity contribution in [2.45, 2.75) is 6.92 Å². The molecular weight excluding hydrogens is 232 g/mol. The Kier molecular flexibility index (Phi) is 10.5. The Balaban J connectivity index is 2.98. The van der Waals surface area contributed by atoms with Crippen LogP contribution < -0.4 is 0 Å². The van der Waals surface area contributed by atoms with E-state index in [0.717, 1.165) is 0 Å². The van der Waals surface area contributed by atoms with Crippen LogP contribution in [0.3, 0.4) is 0 Å². The molecule has 0 atom stereocenters. The second-order valence-electron chi connectivity index (χ2n) is 3.01. The number of carboxylic acids is 1. The minimum Gasteiger partial charge on any atom is -0.480 e. The topological polar surface area (TPSA) is 91.3 Å². The van der Waals surface area contributed by atoms with E-state index in [0.29, 0.717) is 26.4 Å². The van der Waals surface area contributed by atoms with Gasteiger partial charge in [0.1, 0.15) is 13.2 Å². The number of carbonyl (C=O) groups is 2. The summed E-state index contributed by atoms with van der Waals surface area (Å²) in [6.45, 7) is 2.91. The maximum Gasteiger partial charge on any atom is 0.329 e. The molecule has 7 nitrogen and oxygen atoms in total. The van der Waals surface area contributed by atoms with Crippen LogP contribution in [0.1, 0.15) is 6.92 Å². The molecular formula is C10H18O7. The van der Waals surface area contributed by atoms with Gasteiger partial charge in [0.2, 0.25) is 0 Å². The molecule has 0 aromatic carbocycles. The molecule has 0 amide bonds. The highest BCUT2D eigenvalue weighted by Gasteiger charge is 1.96. The van der Waals surface area contributed by atoms with Crippen molar-refractivity contribution in [2.75, 3.05) is 46.2 Å². The number of carboxylic acid groups (broad SMARTS) is 1. The van der Waals surface area contributed by atoms with Crippen LogP contribution in [0.25, 0.3) is 0 Å². The van der Waals surface area contributed by atoms with Crippen LogP contribution in [-0.4, -0.2) is 63.3 Å². The van der Waals surface area contributed by atoms with Crippen molar-refractivity contribution in [3.8, 4) is 0 Å². The predicted molar refractivity (Wildman–Crippen MR) is 56.7 cm³/mol. The summed E-state index contributed by atoms with van der Waals surface area (Å²) in [5.74, 6) is -1.33. The molecule has 0 aliphatic rings. The third-order valence-electron chi connectivity index (χ3n) is 1.50. The van der Waals surface area contributed by atoms with E-state index in [1.54, 1.807) is 0 Å². The molecule has 0 saturated carbocycles. The van der Waals surface area contributed by atoms with Crippen LogP contribution in [0.15, 0.2) is 0 Å². The zero-order valence-corrected chi connectivity index (χ0v) is 9.85. The van der Waals surface area contributed by atoms with Gasteiger partial charge in [-0.15, -0.1) is 0 Å². The minimum atomic E-state index is -1.00. The zero-order valence-electron chi connectivity index (χ0n) is 9.85. The fraction of sp³-hybridized carbons (Fsp3) is 0.800. The van der Waals surface area contributed by atoms with E-state index in [4.69, 9.17) is 19.3 Å². The molecule has 0 heterocycles.